The van der Waals surface area contributed by atoms with E-state index in [9.17, 15) is 58.4 Å². The largest absolute Gasteiger partial charge is 0.508 e. The molecule has 5 aromatic carbocycles. The second-order valence-corrected chi connectivity index (χ2v) is 35.0. The number of amides is 15. The summed E-state index contributed by atoms with van der Waals surface area (Å²) < 4.78 is 29.8. The predicted molar refractivity (Wildman–Crippen MR) is 484 cm³/mol. The predicted octanol–water partition coefficient (Wildman–Crippen LogP) is -0.905. The molecule has 3 fully saturated rings. The Morgan fingerprint density at radius 2 is 1.01 bits per heavy atom. The lowest BCUT2D eigenvalue weighted by molar-refractivity contribution is -0.152. The number of nitrogens with two attached hydrogens (primary N) is 3. The van der Waals surface area contributed by atoms with Crippen LogP contribution < -0.4 is 65.1 Å². The number of likely N-dealkylation sites (N-methyl/N-ethyl adjacent to an activating group) is 3. The van der Waals surface area contributed by atoms with Crippen molar-refractivity contribution in [2.24, 2.45) is 23.1 Å². The molecule has 20 N–H and O–H groups in total. The Kier molecular flexibility index (Phi) is 38.6. The van der Waals surface area contributed by atoms with Crippen molar-refractivity contribution in [2.75, 3.05) is 65.4 Å². The van der Waals surface area contributed by atoms with E-state index < -0.39 is 260 Å². The SMILES string of the molecule is CCCC[C@H]1C(=O)N2C[C@H](O)C[C@@H]2C(=O)N[C@@H](CC(=O)O)C(=O)N[C@@H](C(C)C)C(=O)N(C)[C@@H](Cc2ccccc2)C(=O)N[C@@H](CCCN)C(=O)N2C[C@H](O)C[C@@H]2C(=O)N[C@@H](Cc2c[nH]c3ccccc23)C(=O)N[C@@H](Cc2ccc(O)cc2)C(=O)N[C@@H](CCCN)C(=O)N[C@H](C(=O)NCC(N)=O)CSCC(=O)N[C@@H](Cc2ccc(F)c(F)c2)C(=O)N(C)[C@@H](Cc2ccccc2)C(=O)N1C. The number of aliphatic carboxylic acids is 1. The van der Waals surface area contributed by atoms with Crippen molar-refractivity contribution in [1.82, 2.24) is 77.3 Å². The van der Waals surface area contributed by atoms with Crippen molar-refractivity contribution in [3.05, 3.63) is 173 Å². The molecule has 3 aliphatic rings. The molecule has 3 aliphatic heterocycles. The number of aliphatic hydroxyl groups is 2. The standard InChI is InChI=1S/C92H120F2N18O20S/c1-7-8-27-71-91(131)112-48-59(115)43-74(112)87(127)105-68(44-78(118)119)84(124)107-79(51(2)3)92(132)109(5)72(39-52-19-11-9-12-20-52)85(125)102-65(26-18-35-96)89(129)111-47-58(114)42-73(111)86(126)104-67(41-56-45-98-63-24-16-15-23-60(56)63)83(123)103-66(37-54-28-31-57(113)32-29-54)82(122)101-64(25-17-34-95)81(121)106-70(80(120)99-46-76(97)116)49-133-50-77(117)100-69(38-55-30-33-61(93)62(94)36-55)88(128)110(6)75(90(130)108(71)4)40-53-21-13-10-14-22-53/h9-16,19-24,28-33,36,45,51,58-59,64-75,79,98,113-115H,7-8,17-18,25-27,34-35,37-44,46-50,95-96H2,1-6H3,(H2,97,116)(H,99,120)(H,100,117)(H,101,122)(H,102,125)(H,103,123)(H,104,126)(H,105,127)(H,106,121)(H,107,124)(H,118,119)/t58-,59-,64+,65+,66+,67+,68+,69+,70+,71+,72+,73-,74-,75+,79+/m1/s1. The lowest BCUT2D eigenvalue weighted by Gasteiger charge is -2.38. The van der Waals surface area contributed by atoms with E-state index in [1.165, 1.54) is 59.3 Å². The first-order valence-electron chi connectivity index (χ1n) is 44.2. The number of hydrogen-bond donors (Lipinski definition) is 17. The summed E-state index contributed by atoms with van der Waals surface area (Å²) in [5.74, 6) is -21.5. The van der Waals surface area contributed by atoms with Gasteiger partial charge in [0.15, 0.2) is 11.6 Å². The highest BCUT2D eigenvalue weighted by molar-refractivity contribution is 8.00. The molecule has 0 saturated carbocycles. The Morgan fingerprint density at radius 3 is 1.59 bits per heavy atom. The number of H-pyrrole nitrogens is 1. The van der Waals surface area contributed by atoms with E-state index in [-0.39, 0.29) is 88.6 Å². The highest BCUT2D eigenvalue weighted by Crippen LogP contribution is 2.29. The number of nitrogens with one attached hydrogen (secondary N) is 10. The van der Waals surface area contributed by atoms with E-state index >= 15 is 47.5 Å². The summed E-state index contributed by atoms with van der Waals surface area (Å²) >= 11 is 0.696. The van der Waals surface area contributed by atoms with Crippen molar-refractivity contribution >= 4 is 117 Å². The van der Waals surface area contributed by atoms with Crippen LogP contribution in [0.2, 0.25) is 0 Å². The van der Waals surface area contributed by atoms with Gasteiger partial charge in [-0.3, -0.25) is 76.7 Å². The lowest BCUT2D eigenvalue weighted by atomic mass is 9.98. The minimum atomic E-state index is -2.02. The van der Waals surface area contributed by atoms with Crippen LogP contribution in [-0.2, 0) is 109 Å². The van der Waals surface area contributed by atoms with Gasteiger partial charge in [-0.2, -0.15) is 0 Å². The number of carbonyl (C=O) groups is 16. The fraction of sp³-hybridized carbons (Fsp3) is 0.478. The minimum absolute atomic E-state index is 0.0314. The van der Waals surface area contributed by atoms with Gasteiger partial charge in [-0.25, -0.2) is 8.78 Å². The van der Waals surface area contributed by atoms with Gasteiger partial charge in [-0.05, 0) is 109 Å². The van der Waals surface area contributed by atoms with Gasteiger partial charge in [0.1, 0.15) is 84.3 Å². The van der Waals surface area contributed by atoms with Crippen LogP contribution in [0.1, 0.15) is 113 Å². The molecule has 0 unspecified atom stereocenters. The number of aromatic nitrogens is 1. The van der Waals surface area contributed by atoms with Crippen LogP contribution >= 0.6 is 11.8 Å². The summed E-state index contributed by atoms with van der Waals surface area (Å²) in [5, 5.41) is 67.7. The number of aromatic amines is 1. The zero-order valence-electron chi connectivity index (χ0n) is 74.9. The van der Waals surface area contributed by atoms with Gasteiger partial charge in [-0.1, -0.05) is 131 Å². The molecule has 0 bridgehead atoms. The lowest BCUT2D eigenvalue weighted by Crippen LogP contribution is -2.62. The number of unbranched alkanes of at least 4 members (excludes halogenated alkanes) is 1. The van der Waals surface area contributed by atoms with Gasteiger partial charge in [0.2, 0.25) is 88.6 Å². The number of phenolic OH excluding ortho intramolecular Hbond substituents is 1. The molecule has 38 nitrogen and oxygen atoms in total. The number of carbonyl (C=O) groups excluding carboxylic acids is 15. The number of thioether (sulfide) groups is 1. The molecule has 133 heavy (non-hydrogen) atoms. The number of primary amides is 1. The number of nitrogens with zero attached hydrogens (tertiary/aromatic N) is 5. The topological polar surface area (TPSA) is 572 Å². The second-order valence-electron chi connectivity index (χ2n) is 34.0. The third kappa shape index (κ3) is 29.0. The maximum atomic E-state index is 15.7. The number of hydrogen-bond acceptors (Lipinski definition) is 22. The van der Waals surface area contributed by atoms with Crippen molar-refractivity contribution in [3.63, 3.8) is 0 Å². The van der Waals surface area contributed by atoms with Gasteiger partial charge in [0.05, 0.1) is 30.9 Å². The highest BCUT2D eigenvalue weighted by atomic mass is 32.2. The summed E-state index contributed by atoms with van der Waals surface area (Å²) in [5.41, 5.74) is 19.9. The van der Waals surface area contributed by atoms with Gasteiger partial charge in [0.25, 0.3) is 0 Å². The van der Waals surface area contributed by atoms with E-state index in [4.69, 9.17) is 17.2 Å². The molecule has 15 atom stereocenters. The zero-order chi connectivity index (χ0) is 97.0. The molecule has 4 heterocycles. The molecule has 0 spiro atoms. The summed E-state index contributed by atoms with van der Waals surface area (Å²) in [6.45, 7) is 2.94. The van der Waals surface area contributed by atoms with Crippen LogP contribution in [0.15, 0.2) is 134 Å². The second kappa shape index (κ2) is 49.5. The number of carboxylic acid groups (broad SMARTS) is 1. The van der Waals surface area contributed by atoms with Crippen LogP contribution in [0.25, 0.3) is 10.9 Å². The first-order valence-corrected chi connectivity index (χ1v) is 45.3. The average Bonchev–Trinajstić information content (AvgIpc) is 1.72. The molecule has 0 aliphatic carbocycles. The first kappa shape index (κ1) is 104. The van der Waals surface area contributed by atoms with E-state index in [1.807, 2.05) is 0 Å². The third-order valence-corrected chi connectivity index (χ3v) is 24.7. The van der Waals surface area contributed by atoms with E-state index in [0.29, 0.717) is 51.3 Å². The monoisotopic (exact) mass is 1870 g/mol. The third-order valence-electron chi connectivity index (χ3n) is 23.7. The number of fused-ring (bicyclic) bond motifs is 3. The molecular formula is C92H120F2N18O20S. The minimum Gasteiger partial charge on any atom is -0.508 e. The van der Waals surface area contributed by atoms with Crippen LogP contribution in [0, 0.1) is 17.6 Å². The quantitative estimate of drug-likeness (QED) is 0.0330. The van der Waals surface area contributed by atoms with Crippen LogP contribution in [0.5, 0.6) is 5.75 Å². The number of phenols is 1. The van der Waals surface area contributed by atoms with Gasteiger partial charge >= 0.3 is 5.97 Å². The Balaban J connectivity index is 1.13. The Hall–Kier alpha value is -13.0. The smallest absolute Gasteiger partial charge is 0.305 e. The summed E-state index contributed by atoms with van der Waals surface area (Å²) in [7, 11) is 3.75. The van der Waals surface area contributed by atoms with Crippen molar-refractivity contribution in [1.29, 1.82) is 0 Å². The summed E-state index contributed by atoms with van der Waals surface area (Å²) in [4.78, 5) is 246. The number of para-hydroxylation sites is 1. The number of benzene rings is 5. The van der Waals surface area contributed by atoms with Gasteiger partial charge in [-0.15, -0.1) is 11.8 Å². The van der Waals surface area contributed by atoms with Crippen LogP contribution in [-0.4, -0.2) is 301 Å². The zero-order valence-corrected chi connectivity index (χ0v) is 75.8. The van der Waals surface area contributed by atoms with Gasteiger partial charge in [0, 0.05) is 102 Å². The molecule has 1 aromatic heterocycles. The molecule has 41 heteroatoms. The summed E-state index contributed by atoms with van der Waals surface area (Å²) in [6, 6.07) is 10.3. The number of carboxylic acids is 1. The number of aliphatic hydroxyl groups excluding tert-OH is 2. The Morgan fingerprint density at radius 1 is 0.504 bits per heavy atom. The molecule has 3 saturated heterocycles. The maximum Gasteiger partial charge on any atom is 0.305 e. The molecular weight excluding hydrogens is 1750 g/mol. The summed E-state index contributed by atoms with van der Waals surface area (Å²) in [6.07, 6.45) is -4.78. The fourth-order valence-corrected chi connectivity index (χ4v) is 17.2. The van der Waals surface area contributed by atoms with E-state index in [0.717, 1.165) is 42.7 Å². The van der Waals surface area contributed by atoms with Crippen LogP contribution in [0.3, 0.4) is 0 Å². The fourth-order valence-electron chi connectivity index (χ4n) is 16.4. The van der Waals surface area contributed by atoms with Crippen molar-refractivity contribution in [3.8, 4) is 5.75 Å². The molecule has 0 radical (unpaired) electrons. The molecule has 15 amide bonds. The van der Waals surface area contributed by atoms with Gasteiger partial charge < -0.3 is 115 Å². The molecule has 718 valence electrons. The number of halogens is 2. The van der Waals surface area contributed by atoms with Crippen LogP contribution in [0.4, 0.5) is 8.78 Å². The maximum absolute atomic E-state index is 15.7. The normalized spacial score (nSPS) is 24.7. The number of rotatable bonds is 25. The number of aromatic hydroxyl groups is 1. The van der Waals surface area contributed by atoms with Crippen molar-refractivity contribution in [2.45, 2.75) is 208 Å². The van der Waals surface area contributed by atoms with Crippen molar-refractivity contribution < 1.29 is 106 Å². The van der Waals surface area contributed by atoms with E-state index in [2.05, 4.69) is 52.8 Å². The van der Waals surface area contributed by atoms with E-state index in [1.54, 1.807) is 98.0 Å². The first-order chi connectivity index (χ1) is 63.4. The molecule has 6 aromatic rings. The average molecular weight is 1870 g/mol. The Labute approximate surface area is 771 Å². The Bertz CT molecular complexity index is 5120. The highest BCUT2D eigenvalue weighted by Gasteiger charge is 2.48. The molecule has 9 rings (SSSR count).